The monoisotopic (exact) mass is 355 g/mol. The van der Waals surface area contributed by atoms with Gasteiger partial charge in [-0.15, -0.1) is 0 Å². The summed E-state index contributed by atoms with van der Waals surface area (Å²) in [5, 5.41) is 0. The van der Waals surface area contributed by atoms with E-state index in [0.29, 0.717) is 21.9 Å². The standard InChI is InChI=1S/C18H11F2N3OS/c1-10-8-15(24)22-18-23(10)16(12-2-3-13(19)14(20)9-12)17(25-18)11-4-6-21-7-5-11/h2-9H,1H3. The van der Waals surface area contributed by atoms with Crippen LogP contribution in [0.3, 0.4) is 0 Å². The lowest BCUT2D eigenvalue weighted by Crippen LogP contribution is -2.09. The molecule has 3 aromatic heterocycles. The van der Waals surface area contributed by atoms with E-state index in [2.05, 4.69) is 9.97 Å². The molecule has 0 unspecified atom stereocenters. The summed E-state index contributed by atoms with van der Waals surface area (Å²) in [6, 6.07) is 8.82. The number of halogens is 2. The fourth-order valence-electron chi connectivity index (χ4n) is 2.75. The summed E-state index contributed by atoms with van der Waals surface area (Å²) in [6.45, 7) is 1.78. The Morgan fingerprint density at radius 3 is 2.48 bits per heavy atom. The van der Waals surface area contributed by atoms with Crippen LogP contribution in [0.4, 0.5) is 8.78 Å². The Kier molecular flexibility index (Phi) is 3.65. The number of hydrogen-bond acceptors (Lipinski definition) is 4. The molecule has 0 atom stereocenters. The van der Waals surface area contributed by atoms with Crippen molar-refractivity contribution < 1.29 is 8.78 Å². The van der Waals surface area contributed by atoms with Gasteiger partial charge in [0.1, 0.15) is 0 Å². The van der Waals surface area contributed by atoms with Crippen LogP contribution in [-0.2, 0) is 0 Å². The van der Waals surface area contributed by atoms with Crippen LogP contribution in [0.15, 0.2) is 53.6 Å². The maximum Gasteiger partial charge on any atom is 0.274 e. The minimum absolute atomic E-state index is 0.336. The number of fused-ring (bicyclic) bond motifs is 1. The first kappa shape index (κ1) is 15.6. The van der Waals surface area contributed by atoms with E-state index in [0.717, 1.165) is 22.6 Å². The first-order valence-corrected chi connectivity index (χ1v) is 8.25. The molecule has 0 spiro atoms. The molecule has 4 nitrogen and oxygen atoms in total. The van der Waals surface area contributed by atoms with Gasteiger partial charge in [0.25, 0.3) is 5.56 Å². The van der Waals surface area contributed by atoms with Crippen LogP contribution in [0, 0.1) is 18.6 Å². The van der Waals surface area contributed by atoms with Crippen LogP contribution < -0.4 is 5.56 Å². The molecule has 0 aliphatic rings. The zero-order valence-corrected chi connectivity index (χ0v) is 13.8. The van der Waals surface area contributed by atoms with Crippen molar-refractivity contribution in [2.24, 2.45) is 0 Å². The Hall–Kier alpha value is -2.93. The number of aryl methyl sites for hydroxylation is 1. The van der Waals surface area contributed by atoms with Gasteiger partial charge in [-0.1, -0.05) is 11.3 Å². The number of aromatic nitrogens is 3. The van der Waals surface area contributed by atoms with Crippen molar-refractivity contribution in [1.29, 1.82) is 0 Å². The second-order valence-corrected chi connectivity index (χ2v) is 6.48. The van der Waals surface area contributed by atoms with E-state index < -0.39 is 11.6 Å². The molecule has 0 aliphatic carbocycles. The van der Waals surface area contributed by atoms with Gasteiger partial charge in [-0.25, -0.2) is 8.78 Å². The van der Waals surface area contributed by atoms with Gasteiger partial charge in [0.15, 0.2) is 16.6 Å². The first-order valence-electron chi connectivity index (χ1n) is 7.43. The van der Waals surface area contributed by atoms with Gasteiger partial charge in [0, 0.05) is 29.7 Å². The SMILES string of the molecule is Cc1cc(=O)nc2sc(-c3ccncc3)c(-c3ccc(F)c(F)c3)n12. The average molecular weight is 355 g/mol. The Morgan fingerprint density at radius 2 is 1.76 bits per heavy atom. The molecular weight excluding hydrogens is 344 g/mol. The third-order valence-corrected chi connectivity index (χ3v) is 4.94. The van der Waals surface area contributed by atoms with Crippen molar-refractivity contribution in [1.82, 2.24) is 14.4 Å². The molecule has 0 N–H and O–H groups in total. The predicted octanol–water partition coefficient (Wildman–Crippen LogP) is 4.07. The first-order chi connectivity index (χ1) is 12.0. The molecular formula is C18H11F2N3OS. The van der Waals surface area contributed by atoms with Crippen molar-refractivity contribution >= 4 is 16.3 Å². The molecule has 25 heavy (non-hydrogen) atoms. The van der Waals surface area contributed by atoms with Gasteiger partial charge in [-0.05, 0) is 42.8 Å². The van der Waals surface area contributed by atoms with E-state index in [1.807, 2.05) is 12.1 Å². The molecule has 0 saturated carbocycles. The zero-order valence-electron chi connectivity index (χ0n) is 13.0. The quantitative estimate of drug-likeness (QED) is 0.544. The molecule has 0 aliphatic heterocycles. The summed E-state index contributed by atoms with van der Waals surface area (Å²) in [5.41, 5.74) is 2.36. The van der Waals surface area contributed by atoms with Gasteiger partial charge >= 0.3 is 0 Å². The largest absolute Gasteiger partial charge is 0.288 e. The fourth-order valence-corrected chi connectivity index (χ4v) is 3.96. The maximum absolute atomic E-state index is 13.8. The summed E-state index contributed by atoms with van der Waals surface area (Å²) in [4.78, 5) is 21.1. The number of benzene rings is 1. The molecule has 7 heteroatoms. The van der Waals surface area contributed by atoms with Gasteiger partial charge in [0.05, 0.1) is 10.6 Å². The lowest BCUT2D eigenvalue weighted by molar-refractivity contribution is 0.509. The molecule has 0 saturated heterocycles. The lowest BCUT2D eigenvalue weighted by atomic mass is 10.1. The minimum atomic E-state index is -0.927. The molecule has 0 radical (unpaired) electrons. The highest BCUT2D eigenvalue weighted by atomic mass is 32.1. The van der Waals surface area contributed by atoms with Crippen LogP contribution in [-0.4, -0.2) is 14.4 Å². The van der Waals surface area contributed by atoms with Crippen LogP contribution in [0.5, 0.6) is 0 Å². The predicted molar refractivity (Wildman–Crippen MR) is 92.7 cm³/mol. The zero-order chi connectivity index (χ0) is 17.6. The number of nitrogens with zero attached hydrogens (tertiary/aromatic N) is 3. The van der Waals surface area contributed by atoms with E-state index in [4.69, 9.17) is 0 Å². The number of pyridine rings is 1. The van der Waals surface area contributed by atoms with Crippen molar-refractivity contribution in [3.05, 3.63) is 76.5 Å². The number of thiazole rings is 1. The van der Waals surface area contributed by atoms with E-state index >= 15 is 0 Å². The summed E-state index contributed by atoms with van der Waals surface area (Å²) >= 11 is 1.32. The molecule has 0 bridgehead atoms. The molecule has 4 rings (SSSR count). The van der Waals surface area contributed by atoms with Gasteiger partial charge < -0.3 is 0 Å². The number of hydrogen-bond donors (Lipinski definition) is 0. The smallest absolute Gasteiger partial charge is 0.274 e. The highest BCUT2D eigenvalue weighted by Crippen LogP contribution is 2.39. The Bertz CT molecular complexity index is 1150. The van der Waals surface area contributed by atoms with Gasteiger partial charge in [-0.3, -0.25) is 14.2 Å². The number of rotatable bonds is 2. The highest BCUT2D eigenvalue weighted by molar-refractivity contribution is 7.20. The van der Waals surface area contributed by atoms with Crippen LogP contribution in [0.25, 0.3) is 26.7 Å². The lowest BCUT2D eigenvalue weighted by Gasteiger charge is -2.08. The maximum atomic E-state index is 13.8. The third kappa shape index (κ3) is 2.62. The molecule has 124 valence electrons. The summed E-state index contributed by atoms with van der Waals surface area (Å²) < 4.78 is 29.0. The van der Waals surface area contributed by atoms with E-state index in [9.17, 15) is 13.6 Å². The summed E-state index contributed by atoms with van der Waals surface area (Å²) in [7, 11) is 0. The minimum Gasteiger partial charge on any atom is -0.288 e. The Morgan fingerprint density at radius 1 is 1.00 bits per heavy atom. The van der Waals surface area contributed by atoms with Crippen LogP contribution in [0.1, 0.15) is 5.69 Å². The molecule has 1 aromatic carbocycles. The second-order valence-electron chi connectivity index (χ2n) is 5.50. The van der Waals surface area contributed by atoms with Crippen molar-refractivity contribution in [2.45, 2.75) is 6.92 Å². The van der Waals surface area contributed by atoms with Crippen LogP contribution >= 0.6 is 11.3 Å². The molecule has 3 heterocycles. The van der Waals surface area contributed by atoms with E-state index in [1.54, 1.807) is 23.7 Å². The third-order valence-electron chi connectivity index (χ3n) is 3.85. The van der Waals surface area contributed by atoms with Gasteiger partial charge in [0.2, 0.25) is 0 Å². The molecule has 0 fully saturated rings. The Labute approximate surface area is 145 Å². The molecule has 4 aromatic rings. The van der Waals surface area contributed by atoms with Crippen molar-refractivity contribution in [3.63, 3.8) is 0 Å². The highest BCUT2D eigenvalue weighted by Gasteiger charge is 2.19. The van der Waals surface area contributed by atoms with Crippen molar-refractivity contribution in [3.8, 4) is 21.7 Å². The van der Waals surface area contributed by atoms with Crippen LogP contribution in [0.2, 0.25) is 0 Å². The van der Waals surface area contributed by atoms with E-state index in [-0.39, 0.29) is 5.56 Å². The summed E-state index contributed by atoms with van der Waals surface area (Å²) in [6.07, 6.45) is 3.30. The van der Waals surface area contributed by atoms with Gasteiger partial charge in [-0.2, -0.15) is 4.98 Å². The van der Waals surface area contributed by atoms with E-state index in [1.165, 1.54) is 23.5 Å². The fraction of sp³-hybridized carbons (Fsp3) is 0.0556. The normalized spacial score (nSPS) is 11.2. The topological polar surface area (TPSA) is 47.3 Å². The molecule has 0 amide bonds. The average Bonchev–Trinajstić information content (AvgIpc) is 2.98. The van der Waals surface area contributed by atoms with Crippen molar-refractivity contribution in [2.75, 3.05) is 0 Å². The Balaban J connectivity index is 2.13. The summed E-state index contributed by atoms with van der Waals surface area (Å²) in [5.74, 6) is -1.83. The second kappa shape index (κ2) is 5.86.